The molecular weight excluding hydrogens is 318 g/mol. The van der Waals surface area contributed by atoms with Gasteiger partial charge in [-0.2, -0.15) is 0 Å². The largest absolute Gasteiger partial charge is 0.465 e. The smallest absolute Gasteiger partial charge is 0.348 e. The summed E-state index contributed by atoms with van der Waals surface area (Å²) in [5.74, 6) is 0.275. The topological polar surface area (TPSA) is 40.4 Å². The van der Waals surface area contributed by atoms with Gasteiger partial charge in [0, 0.05) is 11.1 Å². The van der Waals surface area contributed by atoms with Gasteiger partial charge in [-0.05, 0) is 24.8 Å². The van der Waals surface area contributed by atoms with E-state index in [1.165, 1.54) is 66.6 Å². The van der Waals surface area contributed by atoms with E-state index in [0.717, 1.165) is 11.4 Å². The molecule has 123 valence electrons. The van der Waals surface area contributed by atoms with E-state index in [1.807, 2.05) is 12.1 Å². The zero-order valence-electron chi connectivity index (χ0n) is 13.7. The van der Waals surface area contributed by atoms with Gasteiger partial charge in [0.25, 0.3) is 0 Å². The Morgan fingerprint density at radius 1 is 1.17 bits per heavy atom. The summed E-state index contributed by atoms with van der Waals surface area (Å²) in [6.07, 6.45) is 6.31. The van der Waals surface area contributed by atoms with Gasteiger partial charge < -0.3 is 4.74 Å². The first kappa shape index (κ1) is 15.5. The molecule has 2 aromatic rings. The number of hydrogen-bond acceptors (Lipinski definition) is 3. The van der Waals surface area contributed by atoms with E-state index >= 15 is 0 Å². The maximum absolute atomic E-state index is 11.9. The van der Waals surface area contributed by atoms with E-state index in [0.29, 0.717) is 10.8 Å². The number of ether oxygens (including phenoxy) is 1. The summed E-state index contributed by atoms with van der Waals surface area (Å²) in [7, 11) is 1.43. The molecule has 0 saturated heterocycles. The van der Waals surface area contributed by atoms with E-state index in [4.69, 9.17) is 10.1 Å². The fourth-order valence-electron chi connectivity index (χ4n) is 3.73. The molecule has 0 unspecified atom stereocenters. The number of esters is 1. The highest BCUT2D eigenvalue weighted by Crippen LogP contribution is 2.50. The Bertz CT molecular complexity index is 785. The van der Waals surface area contributed by atoms with Gasteiger partial charge >= 0.3 is 5.97 Å². The van der Waals surface area contributed by atoms with Gasteiger partial charge in [-0.25, -0.2) is 10.1 Å². The maximum Gasteiger partial charge on any atom is 0.348 e. The van der Waals surface area contributed by atoms with E-state index in [2.05, 4.69) is 24.3 Å². The normalized spacial score (nSPS) is 17.5. The first-order chi connectivity index (χ1) is 11.8. The molecule has 24 heavy (non-hydrogen) atoms. The lowest BCUT2D eigenvalue weighted by Gasteiger charge is -2.23. The zero-order valence-corrected chi connectivity index (χ0v) is 14.6. The van der Waals surface area contributed by atoms with E-state index in [-0.39, 0.29) is 5.97 Å². The van der Waals surface area contributed by atoms with Gasteiger partial charge in [0.1, 0.15) is 4.88 Å². The molecule has 1 fully saturated rings. The molecule has 1 saturated carbocycles. The molecule has 1 radical (unpaired) electrons. The van der Waals surface area contributed by atoms with Crippen LogP contribution < -0.4 is 5.32 Å². The molecule has 2 aliphatic rings. The van der Waals surface area contributed by atoms with Crippen LogP contribution >= 0.6 is 11.3 Å². The summed E-state index contributed by atoms with van der Waals surface area (Å²) < 4.78 is 4.88. The number of methoxy groups -OCH3 is 1. The van der Waals surface area contributed by atoms with Crippen LogP contribution in [0.4, 0.5) is 5.69 Å². The molecule has 1 aromatic heterocycles. The van der Waals surface area contributed by atoms with Crippen LogP contribution in [-0.4, -0.2) is 13.1 Å². The number of thiophene rings is 1. The van der Waals surface area contributed by atoms with Gasteiger partial charge in [0.2, 0.25) is 0 Å². The second kappa shape index (κ2) is 6.44. The van der Waals surface area contributed by atoms with E-state index in [1.54, 1.807) is 0 Å². The lowest BCUT2D eigenvalue weighted by atomic mass is 9.82. The number of nitrogens with zero attached hydrogens (tertiary/aromatic N) is 1. The standard InChI is InChI=1S/C20H20NO2S/c1-23-20(22)16-12-15-19(24-16)17(13-8-4-2-5-9-13)18(21-15)14-10-6-3-7-11-14/h3,6-7,10-13H,2,4-5,8-9H2,1H3. The van der Waals surface area contributed by atoms with E-state index in [9.17, 15) is 4.79 Å². The third-order valence-electron chi connectivity index (χ3n) is 4.89. The van der Waals surface area contributed by atoms with Gasteiger partial charge in [-0.3, -0.25) is 0 Å². The van der Waals surface area contributed by atoms with Gasteiger partial charge in [0.15, 0.2) is 0 Å². The Hall–Kier alpha value is -2.07. The number of benzene rings is 1. The maximum atomic E-state index is 11.9. The molecule has 4 rings (SSSR count). The van der Waals surface area contributed by atoms with Crippen LogP contribution in [0.1, 0.15) is 52.2 Å². The number of carbonyl (C=O) groups excluding carboxylic acids is 1. The monoisotopic (exact) mass is 338 g/mol. The van der Waals surface area contributed by atoms with Crippen molar-refractivity contribution < 1.29 is 9.53 Å². The Balaban J connectivity index is 1.80. The molecule has 0 bridgehead atoms. The molecule has 0 spiro atoms. The highest BCUT2D eigenvalue weighted by atomic mass is 32.1. The summed E-state index contributed by atoms with van der Waals surface area (Å²) in [5.41, 5.74) is 4.54. The first-order valence-corrected chi connectivity index (χ1v) is 9.33. The zero-order chi connectivity index (χ0) is 16.5. The fraction of sp³-hybridized carbons (Fsp3) is 0.350. The molecule has 1 aliphatic heterocycles. The van der Waals surface area contributed by atoms with Crippen LogP contribution in [0.25, 0.3) is 11.3 Å². The second-order valence-corrected chi connectivity index (χ2v) is 7.44. The number of fused-ring (bicyclic) bond motifs is 1. The lowest BCUT2D eigenvalue weighted by molar-refractivity contribution is 0.0606. The molecule has 3 nitrogen and oxygen atoms in total. The van der Waals surface area contributed by atoms with Crippen molar-refractivity contribution >= 4 is 34.3 Å². The van der Waals surface area contributed by atoms with Crippen molar-refractivity contribution in [2.24, 2.45) is 5.92 Å². The summed E-state index contributed by atoms with van der Waals surface area (Å²) in [4.78, 5) is 13.7. The Morgan fingerprint density at radius 3 is 2.62 bits per heavy atom. The highest BCUT2D eigenvalue weighted by molar-refractivity contribution is 7.15. The van der Waals surface area contributed by atoms with Crippen molar-refractivity contribution in [2.75, 3.05) is 7.11 Å². The number of rotatable bonds is 3. The Morgan fingerprint density at radius 2 is 1.92 bits per heavy atom. The lowest BCUT2D eigenvalue weighted by Crippen LogP contribution is -2.09. The molecule has 2 heterocycles. The van der Waals surface area contributed by atoms with E-state index < -0.39 is 0 Å². The molecule has 1 aliphatic carbocycles. The Labute approximate surface area is 146 Å². The molecule has 0 N–H and O–H groups in total. The first-order valence-electron chi connectivity index (χ1n) is 8.52. The van der Waals surface area contributed by atoms with Crippen molar-refractivity contribution in [3.63, 3.8) is 0 Å². The quantitative estimate of drug-likeness (QED) is 0.719. The molecule has 0 amide bonds. The van der Waals surface area contributed by atoms with Crippen molar-refractivity contribution in [3.8, 4) is 0 Å². The summed E-state index contributed by atoms with van der Waals surface area (Å²) in [5, 5.41) is 4.90. The second-order valence-electron chi connectivity index (χ2n) is 6.39. The average molecular weight is 338 g/mol. The van der Waals surface area contributed by atoms with Gasteiger partial charge in [-0.15, -0.1) is 11.3 Å². The Kier molecular flexibility index (Phi) is 4.15. The fourth-order valence-corrected chi connectivity index (χ4v) is 4.87. The summed E-state index contributed by atoms with van der Waals surface area (Å²) >= 11 is 1.53. The number of allylic oxidation sites excluding steroid dienone is 1. The van der Waals surface area contributed by atoms with Crippen LogP contribution in [0.2, 0.25) is 0 Å². The number of hydrogen-bond donors (Lipinski definition) is 0. The van der Waals surface area contributed by atoms with Gasteiger partial charge in [0.05, 0.1) is 23.4 Å². The number of carbonyl (C=O) groups is 1. The third kappa shape index (κ3) is 2.65. The van der Waals surface area contributed by atoms with Gasteiger partial charge in [-0.1, -0.05) is 49.6 Å². The average Bonchev–Trinajstić information content (AvgIpc) is 3.20. The highest BCUT2D eigenvalue weighted by Gasteiger charge is 2.33. The predicted molar refractivity (Wildman–Crippen MR) is 97.3 cm³/mol. The molecular formula is C20H20NO2S. The molecule has 1 aromatic carbocycles. The van der Waals surface area contributed by atoms with Crippen molar-refractivity contribution in [1.82, 2.24) is 5.32 Å². The minimum absolute atomic E-state index is 0.270. The third-order valence-corrected chi connectivity index (χ3v) is 6.03. The molecule has 4 heteroatoms. The van der Waals surface area contributed by atoms with Crippen LogP contribution in [0.5, 0.6) is 0 Å². The van der Waals surface area contributed by atoms with Crippen LogP contribution in [0.3, 0.4) is 0 Å². The van der Waals surface area contributed by atoms with Crippen molar-refractivity contribution in [2.45, 2.75) is 32.1 Å². The van der Waals surface area contributed by atoms with Crippen LogP contribution in [0, 0.1) is 5.92 Å². The summed E-state index contributed by atoms with van der Waals surface area (Å²) in [6, 6.07) is 12.3. The van der Waals surface area contributed by atoms with Crippen molar-refractivity contribution in [1.29, 1.82) is 0 Å². The molecule has 0 atom stereocenters. The SMILES string of the molecule is COC(=O)c1cc2c(s1)C(C1CCCCC1)=C(c1ccccc1)[N]2. The summed E-state index contributed by atoms with van der Waals surface area (Å²) in [6.45, 7) is 0. The van der Waals surface area contributed by atoms with Crippen molar-refractivity contribution in [3.05, 3.63) is 51.7 Å². The van der Waals surface area contributed by atoms with Crippen LogP contribution in [0.15, 0.2) is 36.4 Å². The van der Waals surface area contributed by atoms with Crippen LogP contribution in [-0.2, 0) is 4.74 Å². The predicted octanol–water partition coefficient (Wildman–Crippen LogP) is 5.23. The minimum Gasteiger partial charge on any atom is -0.465 e. The minimum atomic E-state index is -0.270.